The van der Waals surface area contributed by atoms with Gasteiger partial charge in [-0.15, -0.1) is 11.3 Å². The Bertz CT molecular complexity index is 1170. The molecule has 1 aromatic heterocycles. The van der Waals surface area contributed by atoms with Crippen LogP contribution in [0.1, 0.15) is 33.3 Å². The molecule has 2 aromatic rings. The second-order valence-electron chi connectivity index (χ2n) is 7.27. The van der Waals surface area contributed by atoms with Crippen LogP contribution in [0, 0.1) is 0 Å². The maximum Gasteiger partial charge on any atom is 0.394 e. The molecule has 1 aliphatic rings. The van der Waals surface area contributed by atoms with Crippen LogP contribution in [0.2, 0.25) is 0 Å². The molecule has 2 heterocycles. The first-order valence-electron chi connectivity index (χ1n) is 10.0. The number of nitrogens with one attached hydrogen (secondary N) is 3. The van der Waals surface area contributed by atoms with Crippen molar-refractivity contribution < 1.29 is 38.9 Å². The molecule has 0 saturated heterocycles. The van der Waals surface area contributed by atoms with Crippen molar-refractivity contribution in [3.63, 3.8) is 0 Å². The Balaban J connectivity index is 1.72. The smallest absolute Gasteiger partial charge is 0.394 e. The average Bonchev–Trinajstić information content (AvgIpc) is 3.14. The van der Waals surface area contributed by atoms with Gasteiger partial charge in [0.15, 0.2) is 0 Å². The summed E-state index contributed by atoms with van der Waals surface area (Å²) >= 11 is 0.930. The molecule has 3 amide bonds. The highest BCUT2D eigenvalue weighted by Crippen LogP contribution is 2.37. The van der Waals surface area contributed by atoms with Gasteiger partial charge < -0.3 is 30.9 Å². The molecule has 0 fully saturated rings. The largest absolute Gasteiger partial charge is 0.478 e. The average molecular weight is 487 g/mol. The fourth-order valence-corrected chi connectivity index (χ4v) is 4.43. The molecule has 0 aliphatic carbocycles. The van der Waals surface area contributed by atoms with Crippen LogP contribution >= 0.6 is 11.3 Å². The van der Waals surface area contributed by atoms with Gasteiger partial charge in [0.05, 0.1) is 18.3 Å². The number of ether oxygens (including phenoxy) is 1. The molecule has 0 spiro atoms. The van der Waals surface area contributed by atoms with E-state index in [0.717, 1.165) is 11.3 Å². The summed E-state index contributed by atoms with van der Waals surface area (Å²) in [6.07, 6.45) is 1.06. The Kier molecular flexibility index (Phi) is 7.76. The Morgan fingerprint density at radius 2 is 1.82 bits per heavy atom. The standard InChI is InChI=1S/C22H21N3O8S/c1-11(26)24-15(7-12-5-3-2-4-6-12)18(27)23-9-13-8-14-16(10-33-13)34-20(17(14)21(29)30)25-19(28)22(31)32/h2-7,13H,8-10H2,1H3,(H,23,27)(H,24,26)(H,25,28)(H,29,30)(H,31,32). The third kappa shape index (κ3) is 6.05. The number of aromatic carboxylic acids is 1. The first kappa shape index (κ1) is 24.6. The van der Waals surface area contributed by atoms with Crippen LogP contribution in [-0.4, -0.2) is 52.5 Å². The fourth-order valence-electron chi connectivity index (χ4n) is 3.29. The molecule has 34 heavy (non-hydrogen) atoms. The highest BCUT2D eigenvalue weighted by atomic mass is 32.1. The molecule has 5 N–H and O–H groups in total. The minimum atomic E-state index is -1.74. The number of fused-ring (bicyclic) bond motifs is 1. The van der Waals surface area contributed by atoms with Crippen molar-refractivity contribution in [2.24, 2.45) is 0 Å². The van der Waals surface area contributed by atoms with Crippen molar-refractivity contribution in [3.05, 3.63) is 57.6 Å². The minimum Gasteiger partial charge on any atom is -0.478 e. The number of rotatable bonds is 7. The molecule has 3 rings (SSSR count). The van der Waals surface area contributed by atoms with Crippen molar-refractivity contribution in [1.29, 1.82) is 0 Å². The van der Waals surface area contributed by atoms with Gasteiger partial charge in [-0.05, 0) is 17.2 Å². The summed E-state index contributed by atoms with van der Waals surface area (Å²) < 4.78 is 5.70. The normalized spacial score (nSPS) is 15.1. The molecule has 0 saturated carbocycles. The first-order chi connectivity index (χ1) is 16.2. The van der Waals surface area contributed by atoms with Crippen molar-refractivity contribution >= 4 is 52.1 Å². The lowest BCUT2D eigenvalue weighted by Gasteiger charge is -2.24. The van der Waals surface area contributed by atoms with Gasteiger partial charge >= 0.3 is 17.8 Å². The number of hydrogen-bond acceptors (Lipinski definition) is 7. The fraction of sp³-hybridized carbons (Fsp3) is 0.227. The zero-order valence-electron chi connectivity index (χ0n) is 17.9. The number of carboxylic acids is 2. The molecule has 12 heteroatoms. The lowest BCUT2D eigenvalue weighted by molar-refractivity contribution is -0.147. The summed E-state index contributed by atoms with van der Waals surface area (Å²) in [5, 5.41) is 25.6. The van der Waals surface area contributed by atoms with Gasteiger partial charge in [-0.2, -0.15) is 0 Å². The van der Waals surface area contributed by atoms with E-state index in [1.807, 2.05) is 6.07 Å². The Morgan fingerprint density at radius 1 is 1.12 bits per heavy atom. The maximum absolute atomic E-state index is 12.7. The predicted octanol–water partition coefficient (Wildman–Crippen LogP) is 1.20. The van der Waals surface area contributed by atoms with E-state index in [9.17, 15) is 29.1 Å². The van der Waals surface area contributed by atoms with Crippen LogP contribution in [0.4, 0.5) is 5.00 Å². The van der Waals surface area contributed by atoms with E-state index < -0.39 is 35.8 Å². The molecular formula is C22H21N3O8S. The second kappa shape index (κ2) is 10.7. The summed E-state index contributed by atoms with van der Waals surface area (Å²) in [4.78, 5) is 58.9. The van der Waals surface area contributed by atoms with Gasteiger partial charge in [-0.25, -0.2) is 9.59 Å². The van der Waals surface area contributed by atoms with E-state index >= 15 is 0 Å². The van der Waals surface area contributed by atoms with E-state index in [-0.39, 0.29) is 35.8 Å². The summed E-state index contributed by atoms with van der Waals surface area (Å²) in [6.45, 7) is 1.33. The van der Waals surface area contributed by atoms with Crippen LogP contribution in [0.5, 0.6) is 0 Å². The lowest BCUT2D eigenvalue weighted by atomic mass is 10.0. The number of aliphatic carboxylic acids is 1. The second-order valence-corrected chi connectivity index (χ2v) is 8.37. The van der Waals surface area contributed by atoms with Gasteiger partial charge in [0.1, 0.15) is 10.7 Å². The SMILES string of the molecule is CC(=O)NC(=Cc1ccccc1)C(=O)NCC1Cc2c(sc(NC(=O)C(=O)O)c2C(=O)O)CO1. The van der Waals surface area contributed by atoms with Gasteiger partial charge in [-0.3, -0.25) is 14.4 Å². The summed E-state index contributed by atoms with van der Waals surface area (Å²) in [7, 11) is 0. The van der Waals surface area contributed by atoms with Gasteiger partial charge in [-0.1, -0.05) is 30.3 Å². The number of carbonyl (C=O) groups is 5. The number of carboxylic acid groups (broad SMARTS) is 2. The zero-order chi connectivity index (χ0) is 24.8. The number of thiophene rings is 1. The van der Waals surface area contributed by atoms with E-state index in [1.165, 1.54) is 13.0 Å². The molecule has 1 unspecified atom stereocenters. The third-order valence-electron chi connectivity index (χ3n) is 4.76. The Morgan fingerprint density at radius 3 is 2.44 bits per heavy atom. The summed E-state index contributed by atoms with van der Waals surface area (Å²) in [5.74, 6) is -5.37. The van der Waals surface area contributed by atoms with Crippen LogP contribution < -0.4 is 16.0 Å². The van der Waals surface area contributed by atoms with Gasteiger partial charge in [0.25, 0.3) is 5.91 Å². The minimum absolute atomic E-state index is 0.0235. The van der Waals surface area contributed by atoms with Crippen molar-refractivity contribution in [3.8, 4) is 0 Å². The molecule has 1 aromatic carbocycles. The predicted molar refractivity (Wildman–Crippen MR) is 121 cm³/mol. The van der Waals surface area contributed by atoms with E-state index in [2.05, 4.69) is 16.0 Å². The van der Waals surface area contributed by atoms with Crippen molar-refractivity contribution in [1.82, 2.24) is 10.6 Å². The topological polar surface area (TPSA) is 171 Å². The highest BCUT2D eigenvalue weighted by molar-refractivity contribution is 7.17. The molecule has 1 aliphatic heterocycles. The molecule has 11 nitrogen and oxygen atoms in total. The molecule has 0 bridgehead atoms. The van der Waals surface area contributed by atoms with Gasteiger partial charge in [0.2, 0.25) is 5.91 Å². The quantitative estimate of drug-likeness (QED) is 0.286. The maximum atomic E-state index is 12.7. The monoisotopic (exact) mass is 487 g/mol. The first-order valence-corrected chi connectivity index (χ1v) is 10.8. The Labute approximate surface area is 197 Å². The number of carbonyl (C=O) groups excluding carboxylic acids is 3. The molecular weight excluding hydrogens is 466 g/mol. The number of amides is 3. The lowest BCUT2D eigenvalue weighted by Crippen LogP contribution is -2.40. The molecule has 1 atom stereocenters. The Hall–Kier alpha value is -4.03. The van der Waals surface area contributed by atoms with Crippen LogP contribution in [0.3, 0.4) is 0 Å². The molecule has 0 radical (unpaired) electrons. The van der Waals surface area contributed by atoms with Crippen molar-refractivity contribution in [2.75, 3.05) is 11.9 Å². The number of benzene rings is 1. The number of anilines is 1. The van der Waals surface area contributed by atoms with Gasteiger partial charge in [0, 0.05) is 24.8 Å². The van der Waals surface area contributed by atoms with E-state index in [0.29, 0.717) is 16.0 Å². The van der Waals surface area contributed by atoms with Crippen LogP contribution in [0.25, 0.3) is 6.08 Å². The van der Waals surface area contributed by atoms with E-state index in [1.54, 1.807) is 24.3 Å². The zero-order valence-corrected chi connectivity index (χ0v) is 18.7. The highest BCUT2D eigenvalue weighted by Gasteiger charge is 2.31. The van der Waals surface area contributed by atoms with Crippen molar-refractivity contribution in [2.45, 2.75) is 26.1 Å². The van der Waals surface area contributed by atoms with E-state index in [4.69, 9.17) is 9.84 Å². The summed E-state index contributed by atoms with van der Waals surface area (Å²) in [5.41, 5.74) is 0.957. The third-order valence-corrected chi connectivity index (χ3v) is 5.88. The van der Waals surface area contributed by atoms with Crippen LogP contribution in [0.15, 0.2) is 36.0 Å². The van der Waals surface area contributed by atoms with Crippen LogP contribution in [-0.2, 0) is 36.9 Å². The molecule has 178 valence electrons. The number of hydrogen-bond donors (Lipinski definition) is 5. The summed E-state index contributed by atoms with van der Waals surface area (Å²) in [6, 6.07) is 8.93.